The van der Waals surface area contributed by atoms with E-state index in [4.69, 9.17) is 4.74 Å². The Balaban J connectivity index is 2.51. The van der Waals surface area contributed by atoms with Gasteiger partial charge in [0.1, 0.15) is 5.75 Å². The fourth-order valence-electron chi connectivity index (χ4n) is 4.48. The molecule has 21 heavy (non-hydrogen) atoms. The van der Waals surface area contributed by atoms with Crippen molar-refractivity contribution in [2.75, 3.05) is 14.2 Å². The van der Waals surface area contributed by atoms with Crippen molar-refractivity contribution in [2.24, 2.45) is 5.92 Å². The fourth-order valence-corrected chi connectivity index (χ4v) is 4.48. The highest BCUT2D eigenvalue weighted by Gasteiger charge is 2.43. The Hall–Kier alpha value is -1.02. The Kier molecular flexibility index (Phi) is 5.32. The van der Waals surface area contributed by atoms with Crippen molar-refractivity contribution in [2.45, 2.75) is 64.3 Å². The van der Waals surface area contributed by atoms with Crippen molar-refractivity contribution in [3.8, 4) is 5.75 Å². The van der Waals surface area contributed by atoms with Crippen LogP contribution in [-0.2, 0) is 11.8 Å². The lowest BCUT2D eigenvalue weighted by Gasteiger charge is -2.48. The first-order chi connectivity index (χ1) is 10.1. The second kappa shape index (κ2) is 6.83. The van der Waals surface area contributed by atoms with Gasteiger partial charge in [0, 0.05) is 11.5 Å². The van der Waals surface area contributed by atoms with Gasteiger partial charge in [-0.2, -0.15) is 0 Å². The van der Waals surface area contributed by atoms with Gasteiger partial charge in [-0.1, -0.05) is 39.7 Å². The molecule has 0 radical (unpaired) electrons. The summed E-state index contributed by atoms with van der Waals surface area (Å²) in [6.07, 6.45) is 6.19. The minimum Gasteiger partial charge on any atom is -0.497 e. The van der Waals surface area contributed by atoms with E-state index in [1.807, 2.05) is 0 Å². The molecule has 0 unspecified atom stereocenters. The van der Waals surface area contributed by atoms with Crippen molar-refractivity contribution in [3.63, 3.8) is 0 Å². The first-order valence-electron chi connectivity index (χ1n) is 8.45. The zero-order valence-corrected chi connectivity index (χ0v) is 14.3. The van der Waals surface area contributed by atoms with Crippen LogP contribution in [0.1, 0.15) is 57.6 Å². The van der Waals surface area contributed by atoms with E-state index in [2.05, 4.69) is 51.3 Å². The average molecular weight is 289 g/mol. The number of likely N-dealkylation sites (N-methyl/N-ethyl adjacent to an activating group) is 1. The fraction of sp³-hybridized carbons (Fsp3) is 0.684. The zero-order valence-electron chi connectivity index (χ0n) is 14.3. The molecule has 0 bridgehead atoms. The number of hydrogen-bond acceptors (Lipinski definition) is 2. The van der Waals surface area contributed by atoms with Crippen molar-refractivity contribution in [1.82, 2.24) is 5.32 Å². The van der Waals surface area contributed by atoms with Gasteiger partial charge < -0.3 is 10.1 Å². The average Bonchev–Trinajstić information content (AvgIpc) is 2.48. The van der Waals surface area contributed by atoms with Crippen LogP contribution in [-0.4, -0.2) is 20.2 Å². The molecule has 0 heterocycles. The molecule has 0 spiro atoms. The molecule has 1 aromatic rings. The molecule has 0 aliphatic heterocycles. The molecule has 3 atom stereocenters. The van der Waals surface area contributed by atoms with E-state index in [1.54, 1.807) is 7.11 Å². The topological polar surface area (TPSA) is 21.3 Å². The Morgan fingerprint density at radius 1 is 1.29 bits per heavy atom. The third-order valence-corrected chi connectivity index (χ3v) is 5.31. The van der Waals surface area contributed by atoms with Gasteiger partial charge in [0.25, 0.3) is 0 Å². The van der Waals surface area contributed by atoms with Crippen LogP contribution >= 0.6 is 0 Å². The Labute approximate surface area is 130 Å². The van der Waals surface area contributed by atoms with Gasteiger partial charge in [-0.05, 0) is 55.5 Å². The quantitative estimate of drug-likeness (QED) is 0.842. The molecule has 0 saturated heterocycles. The third-order valence-electron chi connectivity index (χ3n) is 5.31. The predicted octanol–water partition coefficient (Wildman–Crippen LogP) is 4.31. The van der Waals surface area contributed by atoms with Gasteiger partial charge >= 0.3 is 0 Å². The lowest BCUT2D eigenvalue weighted by atomic mass is 9.61. The highest BCUT2D eigenvalue weighted by Crippen LogP contribution is 2.45. The van der Waals surface area contributed by atoms with Gasteiger partial charge in [-0.3, -0.25) is 0 Å². The second-order valence-corrected chi connectivity index (χ2v) is 6.71. The number of hydrogen-bond donors (Lipinski definition) is 1. The van der Waals surface area contributed by atoms with Gasteiger partial charge in [0.15, 0.2) is 0 Å². The molecule has 2 heteroatoms. The highest BCUT2D eigenvalue weighted by atomic mass is 16.5. The lowest BCUT2D eigenvalue weighted by Crippen LogP contribution is -2.53. The number of ether oxygens (including phenoxy) is 1. The third kappa shape index (κ3) is 2.96. The van der Waals surface area contributed by atoms with E-state index in [9.17, 15) is 0 Å². The number of methoxy groups -OCH3 is 1. The van der Waals surface area contributed by atoms with Crippen LogP contribution in [0.15, 0.2) is 18.2 Å². The maximum atomic E-state index is 5.47. The summed E-state index contributed by atoms with van der Waals surface area (Å²) >= 11 is 0. The SMILES string of the molecule is CCC[C@H]1Cc2ccc(OC)cc2[C@@](C)(CCC)[C@H]1NC. The molecule has 118 valence electrons. The summed E-state index contributed by atoms with van der Waals surface area (Å²) in [6, 6.07) is 7.24. The molecular weight excluding hydrogens is 258 g/mol. The van der Waals surface area contributed by atoms with Crippen LogP contribution in [0.5, 0.6) is 5.75 Å². The van der Waals surface area contributed by atoms with Crippen LogP contribution in [0, 0.1) is 5.92 Å². The van der Waals surface area contributed by atoms with Gasteiger partial charge in [-0.25, -0.2) is 0 Å². The molecule has 1 aliphatic carbocycles. The van der Waals surface area contributed by atoms with Crippen LogP contribution < -0.4 is 10.1 Å². The summed E-state index contributed by atoms with van der Waals surface area (Å²) in [5.74, 6) is 1.72. The van der Waals surface area contributed by atoms with Crippen molar-refractivity contribution in [1.29, 1.82) is 0 Å². The van der Waals surface area contributed by atoms with E-state index < -0.39 is 0 Å². The molecule has 0 fully saturated rings. The number of fused-ring (bicyclic) bond motifs is 1. The Morgan fingerprint density at radius 3 is 2.62 bits per heavy atom. The summed E-state index contributed by atoms with van der Waals surface area (Å²) in [4.78, 5) is 0. The lowest BCUT2D eigenvalue weighted by molar-refractivity contribution is 0.194. The molecule has 0 aromatic heterocycles. The summed E-state index contributed by atoms with van der Waals surface area (Å²) in [7, 11) is 3.89. The smallest absolute Gasteiger partial charge is 0.119 e. The van der Waals surface area contributed by atoms with Gasteiger partial charge in [0.05, 0.1) is 7.11 Å². The summed E-state index contributed by atoms with van der Waals surface area (Å²) < 4.78 is 5.47. The molecular formula is C19H31NO. The molecule has 1 aromatic carbocycles. The van der Waals surface area contributed by atoms with Crippen molar-refractivity contribution in [3.05, 3.63) is 29.3 Å². The molecule has 1 aliphatic rings. The van der Waals surface area contributed by atoms with Crippen molar-refractivity contribution >= 4 is 0 Å². The Morgan fingerprint density at radius 2 is 2.05 bits per heavy atom. The maximum Gasteiger partial charge on any atom is 0.119 e. The van der Waals surface area contributed by atoms with E-state index in [0.29, 0.717) is 6.04 Å². The number of nitrogens with one attached hydrogen (secondary N) is 1. The number of benzene rings is 1. The van der Waals surface area contributed by atoms with Crippen molar-refractivity contribution < 1.29 is 4.74 Å². The Bertz CT molecular complexity index is 471. The second-order valence-electron chi connectivity index (χ2n) is 6.71. The molecule has 1 N–H and O–H groups in total. The van der Waals surface area contributed by atoms with Crippen LogP contribution in [0.4, 0.5) is 0 Å². The standard InChI is InChI=1S/C19H31NO/c1-6-8-15-12-14-9-10-16(21-5)13-17(14)19(3,11-7-2)18(15)20-4/h9-10,13,15,18,20H,6-8,11-12H2,1-5H3/t15-,18-,19+/m0/s1. The minimum atomic E-state index is 0.200. The van der Waals surface area contributed by atoms with Crippen LogP contribution in [0.25, 0.3) is 0 Å². The molecule has 0 amide bonds. The zero-order chi connectivity index (χ0) is 15.5. The summed E-state index contributed by atoms with van der Waals surface area (Å²) in [5.41, 5.74) is 3.22. The van der Waals surface area contributed by atoms with Crippen LogP contribution in [0.2, 0.25) is 0 Å². The first-order valence-corrected chi connectivity index (χ1v) is 8.45. The van der Waals surface area contributed by atoms with E-state index in [1.165, 1.54) is 43.2 Å². The first kappa shape index (κ1) is 16.4. The largest absolute Gasteiger partial charge is 0.497 e. The van der Waals surface area contributed by atoms with E-state index in [-0.39, 0.29) is 5.41 Å². The van der Waals surface area contributed by atoms with E-state index >= 15 is 0 Å². The van der Waals surface area contributed by atoms with Gasteiger partial charge in [0.2, 0.25) is 0 Å². The van der Waals surface area contributed by atoms with Crippen LogP contribution in [0.3, 0.4) is 0 Å². The van der Waals surface area contributed by atoms with Gasteiger partial charge in [-0.15, -0.1) is 0 Å². The summed E-state index contributed by atoms with van der Waals surface area (Å²) in [5, 5.41) is 3.65. The molecule has 0 saturated carbocycles. The highest BCUT2D eigenvalue weighted by molar-refractivity contribution is 5.44. The summed E-state index contributed by atoms with van der Waals surface area (Å²) in [6.45, 7) is 7.03. The predicted molar refractivity (Wildman–Crippen MR) is 90.2 cm³/mol. The molecule has 2 rings (SSSR count). The monoisotopic (exact) mass is 289 g/mol. The normalized spacial score (nSPS) is 28.2. The molecule has 2 nitrogen and oxygen atoms in total. The van der Waals surface area contributed by atoms with E-state index in [0.717, 1.165) is 11.7 Å². The maximum absolute atomic E-state index is 5.47. The minimum absolute atomic E-state index is 0.200. The number of rotatable bonds is 6.